The highest BCUT2D eigenvalue weighted by Crippen LogP contribution is 2.11. The standard InChI is InChI=1S/C13H18FNO3/c1-3-15-12(13(16)17-4-2)9-18-11-7-5-10(14)6-8-11/h5-8,12,15H,3-4,9H2,1-2H3. The van der Waals surface area contributed by atoms with E-state index in [4.69, 9.17) is 9.47 Å². The summed E-state index contributed by atoms with van der Waals surface area (Å²) in [5.41, 5.74) is 0. The number of likely N-dealkylation sites (N-methyl/N-ethyl adjacent to an activating group) is 1. The molecule has 5 heteroatoms. The second-order valence-electron chi connectivity index (χ2n) is 3.63. The molecule has 1 aromatic rings. The number of hydrogen-bond donors (Lipinski definition) is 1. The molecule has 0 bridgehead atoms. The van der Waals surface area contributed by atoms with Gasteiger partial charge in [-0.15, -0.1) is 0 Å². The second-order valence-corrected chi connectivity index (χ2v) is 3.63. The predicted octanol–water partition coefficient (Wildman–Crippen LogP) is 1.75. The third kappa shape index (κ3) is 4.71. The van der Waals surface area contributed by atoms with E-state index in [1.165, 1.54) is 24.3 Å². The van der Waals surface area contributed by atoms with Gasteiger partial charge in [-0.05, 0) is 37.7 Å². The highest BCUT2D eigenvalue weighted by atomic mass is 19.1. The Morgan fingerprint density at radius 2 is 2.00 bits per heavy atom. The van der Waals surface area contributed by atoms with Crippen molar-refractivity contribution in [1.82, 2.24) is 5.32 Å². The van der Waals surface area contributed by atoms with Gasteiger partial charge in [-0.2, -0.15) is 0 Å². The normalized spacial score (nSPS) is 11.9. The summed E-state index contributed by atoms with van der Waals surface area (Å²) in [4.78, 5) is 11.6. The maximum Gasteiger partial charge on any atom is 0.326 e. The van der Waals surface area contributed by atoms with Gasteiger partial charge in [-0.1, -0.05) is 6.92 Å². The van der Waals surface area contributed by atoms with E-state index in [2.05, 4.69) is 5.32 Å². The van der Waals surface area contributed by atoms with Crippen LogP contribution in [0.2, 0.25) is 0 Å². The second kappa shape index (κ2) is 7.66. The van der Waals surface area contributed by atoms with Crippen molar-refractivity contribution in [2.24, 2.45) is 0 Å². The first-order chi connectivity index (χ1) is 8.67. The molecule has 100 valence electrons. The average Bonchev–Trinajstić information content (AvgIpc) is 2.36. The maximum atomic E-state index is 12.7. The SMILES string of the molecule is CCNC(COc1ccc(F)cc1)C(=O)OCC. The fraction of sp³-hybridized carbons (Fsp3) is 0.462. The molecule has 18 heavy (non-hydrogen) atoms. The van der Waals surface area contributed by atoms with Crippen LogP contribution in [-0.4, -0.2) is 31.8 Å². The first-order valence-electron chi connectivity index (χ1n) is 5.95. The van der Waals surface area contributed by atoms with E-state index in [-0.39, 0.29) is 18.4 Å². The van der Waals surface area contributed by atoms with Crippen LogP contribution in [0.25, 0.3) is 0 Å². The molecule has 0 spiro atoms. The third-order valence-electron chi connectivity index (χ3n) is 2.25. The van der Waals surface area contributed by atoms with E-state index in [1.54, 1.807) is 6.92 Å². The van der Waals surface area contributed by atoms with Crippen LogP contribution in [0.5, 0.6) is 5.75 Å². The van der Waals surface area contributed by atoms with E-state index in [1.807, 2.05) is 6.92 Å². The molecule has 0 aliphatic heterocycles. The molecule has 0 aromatic heterocycles. The molecule has 0 aliphatic rings. The van der Waals surface area contributed by atoms with E-state index in [0.717, 1.165) is 0 Å². The fourth-order valence-electron chi connectivity index (χ4n) is 1.41. The Bertz CT molecular complexity index is 367. The molecule has 0 heterocycles. The zero-order chi connectivity index (χ0) is 13.4. The van der Waals surface area contributed by atoms with Crippen molar-refractivity contribution in [1.29, 1.82) is 0 Å². The van der Waals surface area contributed by atoms with Gasteiger partial charge in [0.2, 0.25) is 0 Å². The predicted molar refractivity (Wildman–Crippen MR) is 66.0 cm³/mol. The van der Waals surface area contributed by atoms with Gasteiger partial charge >= 0.3 is 5.97 Å². The van der Waals surface area contributed by atoms with Crippen LogP contribution in [0.3, 0.4) is 0 Å². The fourth-order valence-corrected chi connectivity index (χ4v) is 1.41. The monoisotopic (exact) mass is 255 g/mol. The summed E-state index contributed by atoms with van der Waals surface area (Å²) in [6.07, 6.45) is 0. The summed E-state index contributed by atoms with van der Waals surface area (Å²) < 4.78 is 23.0. The summed E-state index contributed by atoms with van der Waals surface area (Å²) in [6, 6.07) is 5.14. The van der Waals surface area contributed by atoms with E-state index in [9.17, 15) is 9.18 Å². The van der Waals surface area contributed by atoms with E-state index in [0.29, 0.717) is 18.9 Å². The Morgan fingerprint density at radius 1 is 1.33 bits per heavy atom. The number of benzene rings is 1. The summed E-state index contributed by atoms with van der Waals surface area (Å²) in [7, 11) is 0. The number of ether oxygens (including phenoxy) is 2. The molecule has 0 radical (unpaired) electrons. The third-order valence-corrected chi connectivity index (χ3v) is 2.25. The van der Waals surface area contributed by atoms with Crippen molar-refractivity contribution in [3.05, 3.63) is 30.1 Å². The molecule has 0 fully saturated rings. The van der Waals surface area contributed by atoms with Crippen LogP contribution in [0, 0.1) is 5.82 Å². The van der Waals surface area contributed by atoms with Gasteiger partial charge in [0.1, 0.15) is 24.2 Å². The minimum Gasteiger partial charge on any atom is -0.491 e. The molecular weight excluding hydrogens is 237 g/mol. The van der Waals surface area contributed by atoms with Crippen LogP contribution in [0.1, 0.15) is 13.8 Å². The van der Waals surface area contributed by atoms with Gasteiger partial charge in [0.15, 0.2) is 0 Å². The molecule has 4 nitrogen and oxygen atoms in total. The zero-order valence-electron chi connectivity index (χ0n) is 10.6. The van der Waals surface area contributed by atoms with Crippen molar-refractivity contribution in [2.75, 3.05) is 19.8 Å². The Hall–Kier alpha value is -1.62. The number of halogens is 1. The topological polar surface area (TPSA) is 47.6 Å². The van der Waals surface area contributed by atoms with Crippen molar-refractivity contribution in [3.8, 4) is 5.75 Å². The largest absolute Gasteiger partial charge is 0.491 e. The van der Waals surface area contributed by atoms with Gasteiger partial charge < -0.3 is 14.8 Å². The number of carbonyl (C=O) groups is 1. The smallest absolute Gasteiger partial charge is 0.326 e. The van der Waals surface area contributed by atoms with Crippen LogP contribution in [-0.2, 0) is 9.53 Å². The van der Waals surface area contributed by atoms with Crippen LogP contribution < -0.4 is 10.1 Å². The van der Waals surface area contributed by atoms with Gasteiger partial charge in [0.05, 0.1) is 6.61 Å². The van der Waals surface area contributed by atoms with Crippen LogP contribution in [0.4, 0.5) is 4.39 Å². The Kier molecular flexibility index (Phi) is 6.14. The summed E-state index contributed by atoms with van der Waals surface area (Å²) in [5.74, 6) is -0.152. The molecule has 0 saturated carbocycles. The lowest BCUT2D eigenvalue weighted by molar-refractivity contribution is -0.146. The van der Waals surface area contributed by atoms with E-state index < -0.39 is 6.04 Å². The number of nitrogens with one attached hydrogen (secondary N) is 1. The molecule has 0 amide bonds. The van der Waals surface area contributed by atoms with Crippen molar-refractivity contribution in [3.63, 3.8) is 0 Å². The van der Waals surface area contributed by atoms with Gasteiger partial charge in [-0.3, -0.25) is 4.79 Å². The quantitative estimate of drug-likeness (QED) is 0.754. The maximum absolute atomic E-state index is 12.7. The van der Waals surface area contributed by atoms with Crippen molar-refractivity contribution in [2.45, 2.75) is 19.9 Å². The Labute approximate surface area is 106 Å². The number of rotatable bonds is 7. The lowest BCUT2D eigenvalue weighted by Gasteiger charge is -2.16. The molecule has 1 rings (SSSR count). The van der Waals surface area contributed by atoms with Gasteiger partial charge in [0, 0.05) is 0 Å². The first kappa shape index (κ1) is 14.4. The molecule has 1 N–H and O–H groups in total. The van der Waals surface area contributed by atoms with E-state index >= 15 is 0 Å². The summed E-state index contributed by atoms with van der Waals surface area (Å²) >= 11 is 0. The lowest BCUT2D eigenvalue weighted by Crippen LogP contribution is -2.42. The summed E-state index contributed by atoms with van der Waals surface area (Å²) in [6.45, 7) is 4.76. The lowest BCUT2D eigenvalue weighted by atomic mass is 10.3. The van der Waals surface area contributed by atoms with Gasteiger partial charge in [0.25, 0.3) is 0 Å². The van der Waals surface area contributed by atoms with Crippen molar-refractivity contribution >= 4 is 5.97 Å². The minimum atomic E-state index is -0.514. The molecular formula is C13H18FNO3. The molecule has 1 aromatic carbocycles. The average molecular weight is 255 g/mol. The minimum absolute atomic E-state index is 0.151. The molecule has 0 aliphatic carbocycles. The Balaban J connectivity index is 2.51. The first-order valence-corrected chi connectivity index (χ1v) is 5.95. The van der Waals surface area contributed by atoms with Crippen LogP contribution >= 0.6 is 0 Å². The molecule has 0 saturated heterocycles. The van der Waals surface area contributed by atoms with Gasteiger partial charge in [-0.25, -0.2) is 4.39 Å². The molecule has 1 unspecified atom stereocenters. The molecule has 1 atom stereocenters. The number of esters is 1. The highest BCUT2D eigenvalue weighted by Gasteiger charge is 2.19. The van der Waals surface area contributed by atoms with Crippen molar-refractivity contribution < 1.29 is 18.7 Å². The zero-order valence-corrected chi connectivity index (χ0v) is 10.6. The number of carbonyl (C=O) groups excluding carboxylic acids is 1. The summed E-state index contributed by atoms with van der Waals surface area (Å²) in [5, 5.41) is 2.98. The van der Waals surface area contributed by atoms with Crippen LogP contribution in [0.15, 0.2) is 24.3 Å². The Morgan fingerprint density at radius 3 is 2.56 bits per heavy atom. The highest BCUT2D eigenvalue weighted by molar-refractivity contribution is 5.76. The number of hydrogen-bond acceptors (Lipinski definition) is 4.